The van der Waals surface area contributed by atoms with Gasteiger partial charge in [-0.05, 0) is 75.7 Å². The zero-order chi connectivity index (χ0) is 57.8. The molecule has 0 unspecified atom stereocenters. The largest absolute Gasteiger partial charge is 0.508 e. The molecule has 78 heavy (non-hydrogen) atoms. The van der Waals surface area contributed by atoms with Gasteiger partial charge in [0.15, 0.2) is 0 Å². The van der Waals surface area contributed by atoms with Crippen LogP contribution in [0.4, 0.5) is 0 Å². The van der Waals surface area contributed by atoms with E-state index in [0.717, 1.165) is 61.7 Å². The molecule has 0 spiro atoms. The average molecular weight is 1110 g/mol. The summed E-state index contributed by atoms with van der Waals surface area (Å²) in [4.78, 5) is 102. The molecule has 25 nitrogen and oxygen atoms in total. The van der Waals surface area contributed by atoms with E-state index in [1.165, 1.54) is 30.7 Å². The van der Waals surface area contributed by atoms with Crippen LogP contribution in [-0.4, -0.2) is 211 Å². The van der Waals surface area contributed by atoms with E-state index in [4.69, 9.17) is 5.73 Å². The molecule has 1 aromatic rings. The van der Waals surface area contributed by atoms with Crippen LogP contribution in [0.25, 0.3) is 0 Å². The van der Waals surface area contributed by atoms with Gasteiger partial charge in [0, 0.05) is 45.4 Å². The van der Waals surface area contributed by atoms with Gasteiger partial charge in [-0.1, -0.05) is 77.8 Å². The van der Waals surface area contributed by atoms with E-state index in [1.807, 2.05) is 0 Å². The molecule has 3 fully saturated rings. The van der Waals surface area contributed by atoms with Crippen LogP contribution in [-0.2, 0) is 33.6 Å². The van der Waals surface area contributed by atoms with Gasteiger partial charge in [-0.3, -0.25) is 38.9 Å². The number of nitrogens with two attached hydrogens (primary N) is 1. The van der Waals surface area contributed by atoms with Gasteiger partial charge in [0.1, 0.15) is 60.4 Å². The fraction of sp³-hybridized carbons (Fsp3) is 0.755. The Morgan fingerprint density at radius 2 is 1.36 bits per heavy atom. The highest BCUT2D eigenvalue weighted by Gasteiger charge is 2.49. The zero-order valence-corrected chi connectivity index (χ0v) is 45.9. The number of hydrogen-bond donors (Lipinski definition) is 16. The number of carbonyl (C=O) groups is 7. The molecule has 1 aromatic carbocycles. The Kier molecular flexibility index (Phi) is 27.0. The maximum Gasteiger partial charge on any atom is 0.248 e. The summed E-state index contributed by atoms with van der Waals surface area (Å²) in [6.07, 6.45) is -6.75. The Morgan fingerprint density at radius 3 is 2.00 bits per heavy atom. The highest BCUT2D eigenvalue weighted by Crippen LogP contribution is 2.27. The second-order valence-electron chi connectivity index (χ2n) is 21.6. The summed E-state index contributed by atoms with van der Waals surface area (Å²) in [5.41, 5.74) is 5.71. The molecule has 0 radical (unpaired) electrons. The molecule has 25 heteroatoms. The average Bonchev–Trinajstić information content (AvgIpc) is 3.99. The number of benzene rings is 1. The number of nitrogens with zero attached hydrogens (tertiary/aromatic N) is 2. The predicted molar refractivity (Wildman–Crippen MR) is 285 cm³/mol. The van der Waals surface area contributed by atoms with Crippen molar-refractivity contribution in [3.8, 4) is 5.75 Å². The summed E-state index contributed by atoms with van der Waals surface area (Å²) in [5.74, 6) is -6.34. The van der Waals surface area contributed by atoms with Crippen LogP contribution in [0.1, 0.15) is 129 Å². The Balaban J connectivity index is 1.74. The Bertz CT molecular complexity index is 2090. The fourth-order valence-electron chi connectivity index (χ4n) is 10.4. The van der Waals surface area contributed by atoms with Crippen molar-refractivity contribution in [2.24, 2.45) is 17.6 Å². The number of unbranched alkanes of at least 4 members (excludes halogenated alkanes) is 5. The molecular weight excluding hydrogens is 1020 g/mol. The maximum absolute atomic E-state index is 14.6. The van der Waals surface area contributed by atoms with Crippen LogP contribution in [0.5, 0.6) is 5.75 Å². The van der Waals surface area contributed by atoms with Gasteiger partial charge in [-0.25, -0.2) is 0 Å². The number of phenolic OH excluding ortho intramolecular Hbond substituents is 1. The number of aliphatic hydroxyl groups is 7. The minimum Gasteiger partial charge on any atom is -0.508 e. The highest BCUT2D eigenvalue weighted by atomic mass is 16.3. The maximum atomic E-state index is 14.6. The van der Waals surface area contributed by atoms with Crippen LogP contribution < -0.4 is 43.0 Å². The second-order valence-corrected chi connectivity index (χ2v) is 21.6. The van der Waals surface area contributed by atoms with Gasteiger partial charge in [-0.2, -0.15) is 0 Å². The molecule has 7 amide bonds. The molecule has 3 saturated heterocycles. The van der Waals surface area contributed by atoms with Crippen LogP contribution in [0.15, 0.2) is 24.3 Å². The summed E-state index contributed by atoms with van der Waals surface area (Å²) in [7, 11) is 1.64. The topological polar surface area (TPSA) is 398 Å². The zero-order valence-electron chi connectivity index (χ0n) is 45.9. The first-order chi connectivity index (χ1) is 37.0. The molecule has 0 bridgehead atoms. The molecule has 3 aliphatic heterocycles. The van der Waals surface area contributed by atoms with Crippen molar-refractivity contribution < 1.29 is 74.4 Å². The monoisotopic (exact) mass is 1110 g/mol. The number of rotatable bonds is 24. The lowest BCUT2D eigenvalue weighted by Crippen LogP contribution is -2.65. The van der Waals surface area contributed by atoms with Gasteiger partial charge in [-0.15, -0.1) is 0 Å². The lowest BCUT2D eigenvalue weighted by atomic mass is 9.91. The standard InChI is InChI=1S/C53H90N10O15/c1-6-29(2)25-30(3)13-11-9-7-8-10-12-14-40(70)57-35-27-39(69)47(56-23-22-55-5)61-51(76)44-38(68)20-24-62(44)53(78)42(37(67)19-21-54)59-50(75)43(46(72)45(71)32-15-17-33(65)18-16-32)60-49(74)36-26-34(66)28-63(36)52(77)41(31(4)64)58-48(35)73/h15-18,29-31,34-39,41-47,55-56,64-69,71-72H,6-14,19-28,54H2,1-5H3,(H,57,70)(H,58,73)(H,59,75)(H,60,74)(H,61,76)/t29-,30+,31+,34+,35-,36-,37+,38-,39+,41-,42-,43-,44-,45-,46-,47-/m0/s1. The summed E-state index contributed by atoms with van der Waals surface area (Å²) in [6.45, 7) is 7.23. The number of amides is 7. The Labute approximate surface area is 457 Å². The summed E-state index contributed by atoms with van der Waals surface area (Å²) >= 11 is 0. The predicted octanol–water partition coefficient (Wildman–Crippen LogP) is -3.05. The smallest absolute Gasteiger partial charge is 0.248 e. The van der Waals surface area contributed by atoms with E-state index < -0.39 is 146 Å². The molecule has 0 aliphatic carbocycles. The van der Waals surface area contributed by atoms with Crippen LogP contribution in [0, 0.1) is 11.8 Å². The SMILES string of the molecule is CC[C@H](C)C[C@H](C)CCCCCCCCC(=O)N[C@H]1C[C@@H](O)[C@@H](NCCNC)NC(=O)[C@@H]2[C@@H](O)CCN2C(=O)[C@H]([C@H](O)CCN)NC(=O)[C@H]([C@H](O)[C@@H](O)c2ccc(O)cc2)NC(=O)[C@@H]2C[C@@H](O)CN2C(=O)[C@H]([C@@H](C)O)NC1=O. The van der Waals surface area contributed by atoms with E-state index in [9.17, 15) is 74.4 Å². The normalized spacial score (nSPS) is 28.4. The van der Waals surface area contributed by atoms with E-state index in [2.05, 4.69) is 58.0 Å². The first kappa shape index (κ1) is 65.4. The van der Waals surface area contributed by atoms with Gasteiger partial charge < -0.3 is 88.3 Å². The molecule has 3 heterocycles. The van der Waals surface area contributed by atoms with E-state index in [1.54, 1.807) is 7.05 Å². The third-order valence-electron chi connectivity index (χ3n) is 15.1. The first-order valence-corrected chi connectivity index (χ1v) is 27.8. The van der Waals surface area contributed by atoms with Crippen LogP contribution >= 0.6 is 0 Å². The number of carbonyl (C=O) groups excluding carboxylic acids is 7. The third-order valence-corrected chi connectivity index (χ3v) is 15.1. The van der Waals surface area contributed by atoms with Crippen molar-refractivity contribution >= 4 is 41.4 Å². The van der Waals surface area contributed by atoms with E-state index in [0.29, 0.717) is 18.3 Å². The lowest BCUT2D eigenvalue weighted by molar-refractivity contribution is -0.148. The summed E-state index contributed by atoms with van der Waals surface area (Å²) in [6, 6.07) is -6.32. The van der Waals surface area contributed by atoms with E-state index in [-0.39, 0.29) is 56.8 Å². The van der Waals surface area contributed by atoms with Crippen LogP contribution in [0.2, 0.25) is 0 Å². The molecule has 16 atom stereocenters. The van der Waals surface area contributed by atoms with Crippen molar-refractivity contribution in [3.63, 3.8) is 0 Å². The van der Waals surface area contributed by atoms with Crippen molar-refractivity contribution in [2.45, 2.75) is 203 Å². The highest BCUT2D eigenvalue weighted by molar-refractivity contribution is 5.98. The number of aliphatic hydroxyl groups excluding tert-OH is 7. The molecular formula is C53H90N10O15. The minimum absolute atomic E-state index is 0.0168. The minimum atomic E-state index is -2.27. The lowest BCUT2D eigenvalue weighted by Gasteiger charge is -2.35. The second kappa shape index (κ2) is 32.2. The van der Waals surface area contributed by atoms with Crippen molar-refractivity contribution in [1.82, 2.24) is 47.0 Å². The van der Waals surface area contributed by atoms with Crippen molar-refractivity contribution in [2.75, 3.05) is 39.8 Å². The first-order valence-electron chi connectivity index (χ1n) is 27.8. The summed E-state index contributed by atoms with van der Waals surface area (Å²) < 4.78 is 0. The number of fused-ring (bicyclic) bond motifs is 2. The van der Waals surface area contributed by atoms with Crippen molar-refractivity contribution in [1.29, 1.82) is 0 Å². The molecule has 442 valence electrons. The third kappa shape index (κ3) is 19.0. The quantitative estimate of drug-likeness (QED) is 0.0457. The number of nitrogens with one attached hydrogen (secondary N) is 7. The molecule has 4 rings (SSSR count). The molecule has 3 aliphatic rings. The van der Waals surface area contributed by atoms with Gasteiger partial charge in [0.2, 0.25) is 41.4 Å². The fourth-order valence-corrected chi connectivity index (χ4v) is 10.4. The van der Waals surface area contributed by atoms with Crippen molar-refractivity contribution in [3.05, 3.63) is 29.8 Å². The number of hydrogen-bond acceptors (Lipinski definition) is 18. The molecule has 0 aromatic heterocycles. The number of likely N-dealkylation sites (N-methyl/N-ethyl adjacent to an activating group) is 1. The van der Waals surface area contributed by atoms with E-state index >= 15 is 0 Å². The van der Waals surface area contributed by atoms with Gasteiger partial charge >= 0.3 is 0 Å². The molecule has 17 N–H and O–H groups in total. The van der Waals surface area contributed by atoms with Gasteiger partial charge in [0.25, 0.3) is 0 Å². The Hall–Kier alpha value is -5.09. The van der Waals surface area contributed by atoms with Gasteiger partial charge in [0.05, 0.1) is 30.5 Å². The Morgan fingerprint density at radius 1 is 0.731 bits per heavy atom. The number of phenols is 1. The summed E-state index contributed by atoms with van der Waals surface area (Å²) in [5, 5.41) is 108. The van der Waals surface area contributed by atoms with Crippen LogP contribution in [0.3, 0.4) is 0 Å². The number of aromatic hydroxyl groups is 1. The molecule has 0 saturated carbocycles.